The van der Waals surface area contributed by atoms with Gasteiger partial charge in [0.25, 0.3) is 5.56 Å². The number of hydrogen-bond donors (Lipinski definition) is 2. The van der Waals surface area contributed by atoms with Gasteiger partial charge in [-0.2, -0.15) is 4.98 Å². The molecule has 0 aliphatic carbocycles. The van der Waals surface area contributed by atoms with Crippen LogP contribution in [-0.2, 0) is 20.6 Å². The van der Waals surface area contributed by atoms with E-state index in [1.54, 1.807) is 20.0 Å². The lowest BCUT2D eigenvalue weighted by atomic mass is 10.4. The third kappa shape index (κ3) is 2.12. The third-order valence-corrected chi connectivity index (χ3v) is 3.21. The molecule has 0 aliphatic heterocycles. The van der Waals surface area contributed by atoms with E-state index in [0.29, 0.717) is 23.9 Å². The second kappa shape index (κ2) is 4.62. The molecule has 21 heavy (non-hydrogen) atoms. The van der Waals surface area contributed by atoms with E-state index in [-0.39, 0.29) is 5.52 Å². The number of nitrogens with one attached hydrogen (secondary N) is 2. The summed E-state index contributed by atoms with van der Waals surface area (Å²) in [7, 11) is 2.99. The Balaban J connectivity index is 1.98. The van der Waals surface area contributed by atoms with Crippen LogP contribution in [0.15, 0.2) is 20.2 Å². The molecule has 3 aromatic rings. The number of H-pyrrole nitrogens is 1. The fourth-order valence-electron chi connectivity index (χ4n) is 2.09. The highest BCUT2D eigenvalue weighted by Crippen LogP contribution is 2.10. The average molecular weight is 290 g/mol. The maximum Gasteiger partial charge on any atom is 0.332 e. The second-order valence-electron chi connectivity index (χ2n) is 4.77. The highest BCUT2D eigenvalue weighted by atomic mass is 16.5. The molecule has 2 N–H and O–H groups in total. The SMILES string of the molecule is Cc1cc(CNc2nc3c([nH]2)c(=O)n(C)c(=O)n3C)no1. The summed E-state index contributed by atoms with van der Waals surface area (Å²) in [5, 5.41) is 6.85. The fourth-order valence-corrected chi connectivity index (χ4v) is 2.09. The smallest absolute Gasteiger partial charge is 0.332 e. The fraction of sp³-hybridized carbons (Fsp3) is 0.333. The maximum atomic E-state index is 12.0. The van der Waals surface area contributed by atoms with Crippen LogP contribution in [0.5, 0.6) is 0 Å². The normalized spacial score (nSPS) is 11.2. The Morgan fingerprint density at radius 2 is 2.10 bits per heavy atom. The van der Waals surface area contributed by atoms with E-state index in [2.05, 4.69) is 20.4 Å². The molecule has 0 aromatic carbocycles. The van der Waals surface area contributed by atoms with E-state index in [0.717, 1.165) is 10.3 Å². The van der Waals surface area contributed by atoms with E-state index >= 15 is 0 Å². The van der Waals surface area contributed by atoms with Crippen molar-refractivity contribution >= 4 is 17.1 Å². The predicted molar refractivity (Wildman–Crippen MR) is 75.1 cm³/mol. The third-order valence-electron chi connectivity index (χ3n) is 3.21. The molecule has 3 aromatic heterocycles. The van der Waals surface area contributed by atoms with Gasteiger partial charge in [-0.15, -0.1) is 0 Å². The molecule has 0 amide bonds. The summed E-state index contributed by atoms with van der Waals surface area (Å²) in [5.41, 5.74) is 0.471. The molecule has 3 rings (SSSR count). The predicted octanol–water partition coefficient (Wildman–Crippen LogP) is -0.131. The number of aromatic nitrogens is 5. The first-order valence-electron chi connectivity index (χ1n) is 6.29. The number of aromatic amines is 1. The van der Waals surface area contributed by atoms with Crippen molar-refractivity contribution in [3.05, 3.63) is 38.4 Å². The van der Waals surface area contributed by atoms with E-state index < -0.39 is 11.2 Å². The van der Waals surface area contributed by atoms with Crippen molar-refractivity contribution in [3.63, 3.8) is 0 Å². The van der Waals surface area contributed by atoms with Crippen molar-refractivity contribution in [3.8, 4) is 0 Å². The Bertz CT molecular complexity index is 929. The van der Waals surface area contributed by atoms with Crippen molar-refractivity contribution in [1.29, 1.82) is 0 Å². The number of imidazole rings is 1. The van der Waals surface area contributed by atoms with Gasteiger partial charge in [0.15, 0.2) is 11.2 Å². The van der Waals surface area contributed by atoms with Gasteiger partial charge in [-0.1, -0.05) is 5.16 Å². The molecular weight excluding hydrogens is 276 g/mol. The molecule has 0 bridgehead atoms. The van der Waals surface area contributed by atoms with Gasteiger partial charge < -0.3 is 14.8 Å². The average Bonchev–Trinajstić information content (AvgIpc) is 3.07. The van der Waals surface area contributed by atoms with Gasteiger partial charge in [0, 0.05) is 20.2 Å². The summed E-state index contributed by atoms with van der Waals surface area (Å²) in [6.45, 7) is 2.20. The van der Waals surface area contributed by atoms with Crippen LogP contribution in [0.25, 0.3) is 11.2 Å². The lowest BCUT2D eigenvalue weighted by Crippen LogP contribution is -2.36. The number of rotatable bonds is 3. The van der Waals surface area contributed by atoms with Crippen molar-refractivity contribution in [2.45, 2.75) is 13.5 Å². The Labute approximate surface area is 118 Å². The monoisotopic (exact) mass is 290 g/mol. The van der Waals surface area contributed by atoms with Crippen molar-refractivity contribution in [1.82, 2.24) is 24.3 Å². The summed E-state index contributed by atoms with van der Waals surface area (Å²) in [4.78, 5) is 30.9. The van der Waals surface area contributed by atoms with Gasteiger partial charge in [-0.25, -0.2) is 4.79 Å². The minimum atomic E-state index is -0.419. The summed E-state index contributed by atoms with van der Waals surface area (Å²) < 4.78 is 7.31. The van der Waals surface area contributed by atoms with Crippen LogP contribution in [0.3, 0.4) is 0 Å². The molecule has 9 heteroatoms. The minimum Gasteiger partial charge on any atom is -0.361 e. The lowest BCUT2D eigenvalue weighted by molar-refractivity contribution is 0.391. The summed E-state index contributed by atoms with van der Waals surface area (Å²) in [5.74, 6) is 1.11. The second-order valence-corrected chi connectivity index (χ2v) is 4.77. The number of aryl methyl sites for hydroxylation is 2. The quantitative estimate of drug-likeness (QED) is 0.695. The van der Waals surface area contributed by atoms with Crippen LogP contribution in [0.4, 0.5) is 5.95 Å². The minimum absolute atomic E-state index is 0.276. The number of hydrogen-bond acceptors (Lipinski definition) is 6. The highest BCUT2D eigenvalue weighted by molar-refractivity contribution is 5.72. The molecular formula is C12H14N6O3. The molecule has 0 atom stereocenters. The Kier molecular flexibility index (Phi) is 2.89. The van der Waals surface area contributed by atoms with E-state index in [1.807, 2.05) is 0 Å². The van der Waals surface area contributed by atoms with Crippen molar-refractivity contribution in [2.24, 2.45) is 14.1 Å². The zero-order valence-electron chi connectivity index (χ0n) is 11.8. The van der Waals surface area contributed by atoms with E-state index in [9.17, 15) is 9.59 Å². The van der Waals surface area contributed by atoms with Gasteiger partial charge >= 0.3 is 5.69 Å². The van der Waals surface area contributed by atoms with E-state index in [1.165, 1.54) is 11.6 Å². The van der Waals surface area contributed by atoms with Gasteiger partial charge in [-0.05, 0) is 6.92 Å². The maximum absolute atomic E-state index is 12.0. The zero-order chi connectivity index (χ0) is 15.1. The van der Waals surface area contributed by atoms with Crippen LogP contribution in [0, 0.1) is 6.92 Å². The Morgan fingerprint density at radius 3 is 2.76 bits per heavy atom. The van der Waals surface area contributed by atoms with Crippen LogP contribution < -0.4 is 16.6 Å². The number of anilines is 1. The number of nitrogens with zero attached hydrogens (tertiary/aromatic N) is 4. The van der Waals surface area contributed by atoms with Gasteiger partial charge in [0.2, 0.25) is 5.95 Å². The van der Waals surface area contributed by atoms with Gasteiger partial charge in [0.05, 0.1) is 6.54 Å². The topological polar surface area (TPSA) is 111 Å². The Hall–Kier alpha value is -2.84. The molecule has 110 valence electrons. The molecule has 0 saturated heterocycles. The molecule has 0 aliphatic rings. The molecule has 9 nitrogen and oxygen atoms in total. The lowest BCUT2D eigenvalue weighted by Gasteiger charge is -2.00. The first-order chi connectivity index (χ1) is 9.97. The largest absolute Gasteiger partial charge is 0.361 e. The highest BCUT2D eigenvalue weighted by Gasteiger charge is 2.13. The van der Waals surface area contributed by atoms with Crippen LogP contribution in [-0.4, -0.2) is 24.3 Å². The molecule has 0 fully saturated rings. The van der Waals surface area contributed by atoms with Gasteiger partial charge in [0.1, 0.15) is 11.5 Å². The van der Waals surface area contributed by atoms with E-state index in [4.69, 9.17) is 4.52 Å². The van der Waals surface area contributed by atoms with Crippen LogP contribution in [0.1, 0.15) is 11.5 Å². The first-order valence-corrected chi connectivity index (χ1v) is 6.29. The van der Waals surface area contributed by atoms with Crippen molar-refractivity contribution < 1.29 is 4.52 Å². The summed E-state index contributed by atoms with van der Waals surface area (Å²) >= 11 is 0. The van der Waals surface area contributed by atoms with Crippen molar-refractivity contribution in [2.75, 3.05) is 5.32 Å². The molecule has 3 heterocycles. The van der Waals surface area contributed by atoms with Gasteiger partial charge in [-0.3, -0.25) is 13.9 Å². The molecule has 0 spiro atoms. The van der Waals surface area contributed by atoms with Crippen LogP contribution >= 0.6 is 0 Å². The molecule has 0 radical (unpaired) electrons. The molecule has 0 saturated carbocycles. The summed E-state index contributed by atoms with van der Waals surface area (Å²) in [6, 6.07) is 1.80. The van der Waals surface area contributed by atoms with Crippen LogP contribution in [0.2, 0.25) is 0 Å². The zero-order valence-corrected chi connectivity index (χ0v) is 11.8. The first kappa shape index (κ1) is 13.2. The number of fused-ring (bicyclic) bond motifs is 1. The standard InChI is InChI=1S/C12H14N6O3/c1-6-4-7(16-21-6)5-13-11-14-8-9(15-11)17(2)12(20)18(3)10(8)19/h4H,5H2,1-3H3,(H2,13,14,15). The summed E-state index contributed by atoms with van der Waals surface area (Å²) in [6.07, 6.45) is 0. The Morgan fingerprint density at radius 1 is 1.33 bits per heavy atom. The molecule has 0 unspecified atom stereocenters.